The fourth-order valence-corrected chi connectivity index (χ4v) is 3.12. The van der Waals surface area contributed by atoms with Gasteiger partial charge in [0.05, 0.1) is 11.8 Å². The molecule has 0 aromatic rings. The van der Waals surface area contributed by atoms with E-state index in [1.165, 1.54) is 6.42 Å². The molecule has 0 radical (unpaired) electrons. The van der Waals surface area contributed by atoms with Crippen LogP contribution < -0.4 is 5.32 Å². The number of alkyl halides is 1. The summed E-state index contributed by atoms with van der Waals surface area (Å²) in [4.78, 5) is 22.6. The molecule has 0 spiro atoms. The number of thioether (sulfide) groups is 1. The Kier molecular flexibility index (Phi) is 8.99. The van der Waals surface area contributed by atoms with Crippen LogP contribution in [0.25, 0.3) is 0 Å². The summed E-state index contributed by atoms with van der Waals surface area (Å²) in [6, 6.07) is -0.152. The molecule has 1 saturated carbocycles. The van der Waals surface area contributed by atoms with Gasteiger partial charge in [0, 0.05) is 17.7 Å². The Balaban J connectivity index is 2.20. The summed E-state index contributed by atoms with van der Waals surface area (Å²) in [6.45, 7) is 0.372. The summed E-state index contributed by atoms with van der Waals surface area (Å²) < 4.78 is 0. The Hall–Kier alpha value is -0.490. The Morgan fingerprint density at radius 3 is 2.68 bits per heavy atom. The predicted octanol–water partition coefficient (Wildman–Crippen LogP) is 3.37. The molecule has 0 bridgehead atoms. The van der Waals surface area contributed by atoms with Crippen LogP contribution in [-0.2, 0) is 0 Å². The van der Waals surface area contributed by atoms with Crippen LogP contribution in [0.1, 0.15) is 38.5 Å². The largest absolute Gasteiger partial charge is 0.340 e. The molecule has 1 aliphatic rings. The van der Waals surface area contributed by atoms with Gasteiger partial charge in [-0.05, 0) is 25.0 Å². The number of nitrogens with one attached hydrogen (secondary N) is 1. The van der Waals surface area contributed by atoms with E-state index in [-0.39, 0.29) is 12.1 Å². The maximum absolute atomic E-state index is 11.9. The third kappa shape index (κ3) is 7.01. The van der Waals surface area contributed by atoms with Gasteiger partial charge in [-0.2, -0.15) is 16.8 Å². The normalized spacial score (nSPS) is 16.1. The van der Waals surface area contributed by atoms with Crippen LogP contribution in [0.15, 0.2) is 5.29 Å². The molecule has 0 aromatic heterocycles. The quantitative estimate of drug-likeness (QED) is 0.324. The van der Waals surface area contributed by atoms with Gasteiger partial charge in [0.25, 0.3) is 0 Å². The molecule has 2 amide bonds. The first-order valence-electron chi connectivity index (χ1n) is 6.83. The molecule has 110 valence electrons. The van der Waals surface area contributed by atoms with E-state index in [1.54, 1.807) is 11.8 Å². The van der Waals surface area contributed by atoms with E-state index >= 15 is 0 Å². The molecule has 7 heteroatoms. The molecule has 1 rings (SSSR count). The van der Waals surface area contributed by atoms with E-state index in [0.717, 1.165) is 48.6 Å². The third-order valence-electron chi connectivity index (χ3n) is 3.15. The van der Waals surface area contributed by atoms with E-state index in [0.29, 0.717) is 12.4 Å². The van der Waals surface area contributed by atoms with Gasteiger partial charge in [0.2, 0.25) is 0 Å². The lowest BCUT2D eigenvalue weighted by molar-refractivity contribution is 0.191. The van der Waals surface area contributed by atoms with Crippen molar-refractivity contribution in [3.05, 3.63) is 4.91 Å². The summed E-state index contributed by atoms with van der Waals surface area (Å²) in [5.41, 5.74) is 0. The molecule has 0 atom stereocenters. The molecule has 0 aliphatic heterocycles. The number of rotatable bonds is 8. The first-order chi connectivity index (χ1) is 9.27. The number of urea groups is 1. The van der Waals surface area contributed by atoms with Crippen molar-refractivity contribution in [3.63, 3.8) is 0 Å². The Morgan fingerprint density at radius 1 is 1.32 bits per heavy atom. The van der Waals surface area contributed by atoms with Crippen molar-refractivity contribution in [2.24, 2.45) is 5.29 Å². The van der Waals surface area contributed by atoms with Crippen molar-refractivity contribution in [2.45, 2.75) is 44.6 Å². The summed E-state index contributed by atoms with van der Waals surface area (Å²) >= 11 is 7.28. The third-order valence-corrected chi connectivity index (χ3v) is 4.63. The topological polar surface area (TPSA) is 61.8 Å². The highest BCUT2D eigenvalue weighted by Crippen LogP contribution is 2.17. The maximum Gasteiger partial charge on any atom is 0.340 e. The Labute approximate surface area is 123 Å². The molecule has 0 unspecified atom stereocenters. The smallest absolute Gasteiger partial charge is 0.334 e. The van der Waals surface area contributed by atoms with Gasteiger partial charge in [-0.15, -0.1) is 16.5 Å². The van der Waals surface area contributed by atoms with Crippen molar-refractivity contribution < 1.29 is 4.79 Å². The lowest BCUT2D eigenvalue weighted by atomic mass is 9.96. The molecule has 19 heavy (non-hydrogen) atoms. The zero-order valence-electron chi connectivity index (χ0n) is 11.1. The second-order valence-electron chi connectivity index (χ2n) is 4.64. The summed E-state index contributed by atoms with van der Waals surface area (Å²) in [5.74, 6) is 2.41. The van der Waals surface area contributed by atoms with Crippen molar-refractivity contribution >= 4 is 29.4 Å². The highest BCUT2D eigenvalue weighted by atomic mass is 35.5. The van der Waals surface area contributed by atoms with Gasteiger partial charge in [-0.25, -0.2) is 4.79 Å². The molecule has 1 fully saturated rings. The highest BCUT2D eigenvalue weighted by Gasteiger charge is 2.20. The average Bonchev–Trinajstić information content (AvgIpc) is 2.44. The molecular formula is C12H22ClN3O2S. The van der Waals surface area contributed by atoms with Crippen LogP contribution in [0.2, 0.25) is 0 Å². The summed E-state index contributed by atoms with van der Waals surface area (Å²) in [7, 11) is 0. The van der Waals surface area contributed by atoms with Gasteiger partial charge >= 0.3 is 6.03 Å². The van der Waals surface area contributed by atoms with Gasteiger partial charge in [-0.3, -0.25) is 0 Å². The molecule has 0 heterocycles. The minimum atomic E-state index is -0.357. The lowest BCUT2D eigenvalue weighted by Crippen LogP contribution is -2.43. The second-order valence-corrected chi connectivity index (χ2v) is 6.25. The highest BCUT2D eigenvalue weighted by molar-refractivity contribution is 7.99. The van der Waals surface area contributed by atoms with E-state index in [2.05, 4.69) is 10.6 Å². The van der Waals surface area contributed by atoms with Gasteiger partial charge in [-0.1, -0.05) is 19.3 Å². The minimum Gasteiger partial charge on any atom is -0.334 e. The van der Waals surface area contributed by atoms with Gasteiger partial charge < -0.3 is 5.32 Å². The van der Waals surface area contributed by atoms with E-state index in [9.17, 15) is 9.70 Å². The minimum absolute atomic E-state index is 0.205. The number of nitroso groups, excluding NO2 is 1. The monoisotopic (exact) mass is 307 g/mol. The number of carbonyl (C=O) groups excluding carboxylic acids is 1. The van der Waals surface area contributed by atoms with Crippen molar-refractivity contribution in [2.75, 3.05) is 23.9 Å². The van der Waals surface area contributed by atoms with Crippen LogP contribution in [0.5, 0.6) is 0 Å². The van der Waals surface area contributed by atoms with E-state index in [4.69, 9.17) is 11.6 Å². The van der Waals surface area contributed by atoms with Gasteiger partial charge in [0.1, 0.15) is 0 Å². The first kappa shape index (κ1) is 16.6. The fourth-order valence-electron chi connectivity index (χ4n) is 2.15. The average molecular weight is 308 g/mol. The zero-order chi connectivity index (χ0) is 13.9. The number of halogens is 1. The van der Waals surface area contributed by atoms with Crippen LogP contribution in [0.3, 0.4) is 0 Å². The molecule has 1 aliphatic carbocycles. The Bertz CT molecular complexity index is 276. The number of hydrogen-bond donors (Lipinski definition) is 1. The molecule has 1 N–H and O–H groups in total. The van der Waals surface area contributed by atoms with Crippen LogP contribution in [0, 0.1) is 4.91 Å². The molecule has 5 nitrogen and oxygen atoms in total. The van der Waals surface area contributed by atoms with Crippen molar-refractivity contribution in [3.8, 4) is 0 Å². The van der Waals surface area contributed by atoms with E-state index in [1.807, 2.05) is 0 Å². The standard InChI is InChI=1S/C12H22ClN3O2S/c13-7-10-19-9-4-8-16(15-18)12(17)14-11-5-2-1-3-6-11/h11H,1-10H2,(H,14,17). The predicted molar refractivity (Wildman–Crippen MR) is 80.6 cm³/mol. The van der Waals surface area contributed by atoms with Crippen LogP contribution >= 0.6 is 23.4 Å². The summed E-state index contributed by atoms with van der Waals surface area (Å²) in [5, 5.41) is 6.69. The maximum atomic E-state index is 11.9. The van der Waals surface area contributed by atoms with Crippen LogP contribution in [0.4, 0.5) is 4.79 Å². The second kappa shape index (κ2) is 10.3. The van der Waals surface area contributed by atoms with Crippen LogP contribution in [-0.4, -0.2) is 41.0 Å². The number of nitrogens with zero attached hydrogens (tertiary/aromatic N) is 2. The fraction of sp³-hybridized carbons (Fsp3) is 0.917. The van der Waals surface area contributed by atoms with Crippen molar-refractivity contribution in [1.29, 1.82) is 0 Å². The number of hydrogen-bond acceptors (Lipinski definition) is 4. The molecule has 0 saturated heterocycles. The molecule has 0 aromatic carbocycles. The zero-order valence-corrected chi connectivity index (χ0v) is 12.7. The number of amides is 2. The first-order valence-corrected chi connectivity index (χ1v) is 8.52. The SMILES string of the molecule is O=NN(CCCSCCCl)C(=O)NC1CCCCC1. The lowest BCUT2D eigenvalue weighted by Gasteiger charge is -2.24. The molecular weight excluding hydrogens is 286 g/mol. The van der Waals surface area contributed by atoms with Gasteiger partial charge in [0.15, 0.2) is 0 Å². The number of carbonyl (C=O) groups is 1. The van der Waals surface area contributed by atoms with Crippen molar-refractivity contribution in [1.82, 2.24) is 10.3 Å². The summed E-state index contributed by atoms with van der Waals surface area (Å²) in [6.07, 6.45) is 6.29. The van der Waals surface area contributed by atoms with E-state index < -0.39 is 0 Å². The Morgan fingerprint density at radius 2 is 2.05 bits per heavy atom.